The molecule has 1 aliphatic rings. The first-order valence-corrected chi connectivity index (χ1v) is 5.58. The van der Waals surface area contributed by atoms with Crippen molar-refractivity contribution in [2.75, 3.05) is 13.1 Å². The highest BCUT2D eigenvalue weighted by Crippen LogP contribution is 2.35. The highest BCUT2D eigenvalue weighted by molar-refractivity contribution is 6.07. The normalized spacial score (nSPS) is 26.2. The van der Waals surface area contributed by atoms with Crippen molar-refractivity contribution in [3.8, 4) is 0 Å². The first-order chi connectivity index (χ1) is 7.24. The van der Waals surface area contributed by atoms with Crippen LogP contribution in [0.15, 0.2) is 0 Å². The third-order valence-corrected chi connectivity index (χ3v) is 3.36. The van der Waals surface area contributed by atoms with E-state index < -0.39 is 5.54 Å². The molecule has 0 aromatic heterocycles. The van der Waals surface area contributed by atoms with Gasteiger partial charge < -0.3 is 11.1 Å². The summed E-state index contributed by atoms with van der Waals surface area (Å²) in [6, 6.07) is -0.309. The van der Waals surface area contributed by atoms with E-state index in [-0.39, 0.29) is 17.4 Å². The van der Waals surface area contributed by atoms with Crippen molar-refractivity contribution >= 4 is 11.9 Å². The average Bonchev–Trinajstić information content (AvgIpc) is 2.36. The van der Waals surface area contributed by atoms with Gasteiger partial charge in [0.15, 0.2) is 0 Å². The van der Waals surface area contributed by atoms with Crippen LogP contribution in [0.4, 0.5) is 4.79 Å². The molecule has 3 N–H and O–H groups in total. The van der Waals surface area contributed by atoms with Gasteiger partial charge in [0.1, 0.15) is 5.54 Å². The van der Waals surface area contributed by atoms with Gasteiger partial charge in [-0.2, -0.15) is 0 Å². The smallest absolute Gasteiger partial charge is 0.325 e. The molecule has 0 aromatic rings. The molecule has 0 aromatic carbocycles. The number of hydrogen-bond acceptors (Lipinski definition) is 3. The molecule has 1 atom stereocenters. The van der Waals surface area contributed by atoms with E-state index in [4.69, 9.17) is 5.73 Å². The highest BCUT2D eigenvalue weighted by Gasteiger charge is 2.54. The van der Waals surface area contributed by atoms with Crippen molar-refractivity contribution in [1.29, 1.82) is 0 Å². The molecule has 1 heterocycles. The fourth-order valence-corrected chi connectivity index (χ4v) is 1.66. The zero-order valence-corrected chi connectivity index (χ0v) is 10.5. The van der Waals surface area contributed by atoms with Crippen molar-refractivity contribution in [2.24, 2.45) is 11.1 Å². The molecule has 16 heavy (non-hydrogen) atoms. The average molecular weight is 227 g/mol. The second-order valence-corrected chi connectivity index (χ2v) is 5.40. The van der Waals surface area contributed by atoms with Gasteiger partial charge in [-0.15, -0.1) is 0 Å². The number of nitrogens with two attached hydrogens (primary N) is 1. The van der Waals surface area contributed by atoms with Crippen LogP contribution in [0.2, 0.25) is 0 Å². The summed E-state index contributed by atoms with van der Waals surface area (Å²) in [6.07, 6.45) is 0.638. The minimum atomic E-state index is -0.821. The van der Waals surface area contributed by atoms with Crippen molar-refractivity contribution < 1.29 is 9.59 Å². The number of nitrogens with zero attached hydrogens (tertiary/aromatic N) is 1. The third kappa shape index (κ3) is 1.91. The number of rotatable bonds is 3. The lowest BCUT2D eigenvalue weighted by Gasteiger charge is -2.35. The van der Waals surface area contributed by atoms with Crippen LogP contribution in [0.3, 0.4) is 0 Å². The predicted octanol–water partition coefficient (Wildman–Crippen LogP) is 0.692. The highest BCUT2D eigenvalue weighted by atomic mass is 16.2. The summed E-state index contributed by atoms with van der Waals surface area (Å²) in [5.74, 6) is -0.154. The summed E-state index contributed by atoms with van der Waals surface area (Å²) >= 11 is 0. The van der Waals surface area contributed by atoms with E-state index in [0.717, 1.165) is 0 Å². The van der Waals surface area contributed by atoms with Gasteiger partial charge in [0, 0.05) is 6.54 Å². The number of amides is 3. The van der Waals surface area contributed by atoms with Gasteiger partial charge in [-0.3, -0.25) is 9.69 Å². The Morgan fingerprint density at radius 1 is 1.38 bits per heavy atom. The summed E-state index contributed by atoms with van der Waals surface area (Å²) in [6.45, 7) is 8.47. The van der Waals surface area contributed by atoms with E-state index >= 15 is 0 Å². The Hall–Kier alpha value is -1.10. The third-order valence-electron chi connectivity index (χ3n) is 3.36. The Kier molecular flexibility index (Phi) is 3.28. The van der Waals surface area contributed by atoms with Crippen LogP contribution in [0.5, 0.6) is 0 Å². The SMILES string of the molecule is CC(C)(C)C1(C)NC(=O)N(CCCN)C1=O. The summed E-state index contributed by atoms with van der Waals surface area (Å²) in [7, 11) is 0. The molecule has 0 bridgehead atoms. The molecular formula is C11H21N3O2. The standard InChI is InChI=1S/C11H21N3O2/c1-10(2,3)11(4)8(15)14(7-5-6-12)9(16)13-11/h5-7,12H2,1-4H3,(H,13,16). The lowest BCUT2D eigenvalue weighted by molar-refractivity contribution is -0.134. The first kappa shape index (κ1) is 13.0. The van der Waals surface area contributed by atoms with E-state index in [1.165, 1.54) is 4.90 Å². The monoisotopic (exact) mass is 227 g/mol. The molecule has 1 unspecified atom stereocenters. The molecule has 5 heteroatoms. The van der Waals surface area contributed by atoms with E-state index in [0.29, 0.717) is 19.5 Å². The molecule has 1 fully saturated rings. The first-order valence-electron chi connectivity index (χ1n) is 5.58. The summed E-state index contributed by atoms with van der Waals surface area (Å²) in [4.78, 5) is 25.2. The Morgan fingerprint density at radius 2 is 1.94 bits per heavy atom. The molecule has 0 saturated carbocycles. The number of hydrogen-bond donors (Lipinski definition) is 2. The Balaban J connectivity index is 2.90. The molecule has 3 amide bonds. The molecular weight excluding hydrogens is 206 g/mol. The molecule has 0 radical (unpaired) electrons. The summed E-state index contributed by atoms with van der Waals surface area (Å²) in [5, 5.41) is 2.78. The van der Waals surface area contributed by atoms with Gasteiger partial charge in [0.2, 0.25) is 0 Å². The molecule has 92 valence electrons. The van der Waals surface area contributed by atoms with Crippen LogP contribution in [0.1, 0.15) is 34.1 Å². The largest absolute Gasteiger partial charge is 0.330 e. The van der Waals surface area contributed by atoms with Gasteiger partial charge in [0.25, 0.3) is 5.91 Å². The Morgan fingerprint density at radius 3 is 2.31 bits per heavy atom. The lowest BCUT2D eigenvalue weighted by Crippen LogP contribution is -2.54. The second kappa shape index (κ2) is 4.05. The second-order valence-electron chi connectivity index (χ2n) is 5.40. The van der Waals surface area contributed by atoms with Crippen molar-refractivity contribution in [1.82, 2.24) is 10.2 Å². The minimum absolute atomic E-state index is 0.154. The van der Waals surface area contributed by atoms with Crippen molar-refractivity contribution in [3.63, 3.8) is 0 Å². The fourth-order valence-electron chi connectivity index (χ4n) is 1.66. The quantitative estimate of drug-likeness (QED) is 0.697. The van der Waals surface area contributed by atoms with Crippen LogP contribution in [0.25, 0.3) is 0 Å². The molecule has 5 nitrogen and oxygen atoms in total. The van der Waals surface area contributed by atoms with Crippen molar-refractivity contribution in [3.05, 3.63) is 0 Å². The maximum atomic E-state index is 12.2. The van der Waals surface area contributed by atoms with Crippen LogP contribution in [0, 0.1) is 5.41 Å². The number of urea groups is 1. The van der Waals surface area contributed by atoms with Gasteiger partial charge in [-0.25, -0.2) is 4.79 Å². The number of carbonyl (C=O) groups excluding carboxylic acids is 2. The Labute approximate surface area is 96.4 Å². The van der Waals surface area contributed by atoms with E-state index in [1.54, 1.807) is 6.92 Å². The van der Waals surface area contributed by atoms with Crippen LogP contribution >= 0.6 is 0 Å². The number of imide groups is 1. The molecule has 0 aliphatic carbocycles. The Bertz CT molecular complexity index is 309. The number of nitrogens with one attached hydrogen (secondary N) is 1. The maximum absolute atomic E-state index is 12.2. The molecule has 0 spiro atoms. The molecule has 1 saturated heterocycles. The van der Waals surface area contributed by atoms with Crippen molar-refractivity contribution in [2.45, 2.75) is 39.7 Å². The van der Waals surface area contributed by atoms with E-state index in [9.17, 15) is 9.59 Å². The van der Waals surface area contributed by atoms with Gasteiger partial charge in [-0.05, 0) is 25.3 Å². The topological polar surface area (TPSA) is 75.4 Å². The van der Waals surface area contributed by atoms with E-state index in [1.807, 2.05) is 20.8 Å². The van der Waals surface area contributed by atoms with Crippen LogP contribution in [-0.2, 0) is 4.79 Å². The van der Waals surface area contributed by atoms with Crippen LogP contribution in [-0.4, -0.2) is 35.5 Å². The number of carbonyl (C=O) groups is 2. The fraction of sp³-hybridized carbons (Fsp3) is 0.818. The predicted molar refractivity (Wildman–Crippen MR) is 61.8 cm³/mol. The van der Waals surface area contributed by atoms with Gasteiger partial charge >= 0.3 is 6.03 Å². The van der Waals surface area contributed by atoms with Gasteiger partial charge in [0.05, 0.1) is 0 Å². The van der Waals surface area contributed by atoms with E-state index in [2.05, 4.69) is 5.32 Å². The lowest BCUT2D eigenvalue weighted by atomic mass is 9.75. The minimum Gasteiger partial charge on any atom is -0.330 e. The maximum Gasteiger partial charge on any atom is 0.325 e. The van der Waals surface area contributed by atoms with Gasteiger partial charge in [-0.1, -0.05) is 20.8 Å². The molecule has 1 rings (SSSR count). The summed E-state index contributed by atoms with van der Waals surface area (Å²) < 4.78 is 0. The summed E-state index contributed by atoms with van der Waals surface area (Å²) in [5.41, 5.74) is 4.25. The van der Waals surface area contributed by atoms with Crippen LogP contribution < -0.4 is 11.1 Å². The zero-order valence-electron chi connectivity index (χ0n) is 10.5. The molecule has 1 aliphatic heterocycles. The zero-order chi connectivity index (χ0) is 12.6.